The SMILES string of the molecule is CCC1(N2CCN(C(C)(C)C)CC2)CC=NCC1. The molecular weight excluding hydrogens is 222 g/mol. The monoisotopic (exact) mass is 251 g/mol. The van der Waals surface area contributed by atoms with E-state index in [4.69, 9.17) is 0 Å². The lowest BCUT2D eigenvalue weighted by atomic mass is 9.84. The second kappa shape index (κ2) is 5.30. The molecule has 0 aromatic heterocycles. The molecule has 0 aliphatic carbocycles. The van der Waals surface area contributed by atoms with Gasteiger partial charge < -0.3 is 0 Å². The molecule has 0 bridgehead atoms. The van der Waals surface area contributed by atoms with Crippen LogP contribution in [0.5, 0.6) is 0 Å². The minimum atomic E-state index is 0.319. The van der Waals surface area contributed by atoms with Gasteiger partial charge in [0.25, 0.3) is 0 Å². The summed E-state index contributed by atoms with van der Waals surface area (Å²) in [6.07, 6.45) is 5.81. The summed E-state index contributed by atoms with van der Waals surface area (Å²) in [5, 5.41) is 0. The third kappa shape index (κ3) is 2.77. The van der Waals surface area contributed by atoms with Crippen LogP contribution in [0.4, 0.5) is 0 Å². The molecule has 0 N–H and O–H groups in total. The van der Waals surface area contributed by atoms with Crippen LogP contribution in [-0.4, -0.2) is 59.8 Å². The molecule has 1 unspecified atom stereocenters. The molecule has 2 heterocycles. The van der Waals surface area contributed by atoms with E-state index in [1.165, 1.54) is 39.0 Å². The lowest BCUT2D eigenvalue weighted by molar-refractivity contribution is -0.00246. The van der Waals surface area contributed by atoms with Gasteiger partial charge in [-0.1, -0.05) is 6.92 Å². The Bertz CT molecular complexity index is 297. The fourth-order valence-corrected chi connectivity index (χ4v) is 3.38. The molecule has 1 saturated heterocycles. The zero-order valence-corrected chi connectivity index (χ0v) is 12.6. The molecule has 0 aromatic carbocycles. The van der Waals surface area contributed by atoms with E-state index in [1.807, 2.05) is 0 Å². The van der Waals surface area contributed by atoms with Crippen molar-refractivity contribution in [3.63, 3.8) is 0 Å². The summed E-state index contributed by atoms with van der Waals surface area (Å²) in [6, 6.07) is 0. The van der Waals surface area contributed by atoms with E-state index in [2.05, 4.69) is 48.7 Å². The van der Waals surface area contributed by atoms with Crippen molar-refractivity contribution in [2.24, 2.45) is 4.99 Å². The van der Waals surface area contributed by atoms with Gasteiger partial charge >= 0.3 is 0 Å². The fourth-order valence-electron chi connectivity index (χ4n) is 3.38. The molecule has 1 fully saturated rings. The first kappa shape index (κ1) is 14.0. The van der Waals surface area contributed by atoms with E-state index >= 15 is 0 Å². The maximum Gasteiger partial charge on any atom is 0.0403 e. The summed E-state index contributed by atoms with van der Waals surface area (Å²) >= 11 is 0. The van der Waals surface area contributed by atoms with Crippen molar-refractivity contribution in [2.75, 3.05) is 32.7 Å². The highest BCUT2D eigenvalue weighted by Crippen LogP contribution is 2.31. The summed E-state index contributed by atoms with van der Waals surface area (Å²) in [7, 11) is 0. The van der Waals surface area contributed by atoms with Crippen molar-refractivity contribution in [1.82, 2.24) is 9.80 Å². The first-order valence-corrected chi connectivity index (χ1v) is 7.46. The quantitative estimate of drug-likeness (QED) is 0.750. The Hall–Kier alpha value is -0.410. The van der Waals surface area contributed by atoms with Crippen LogP contribution in [0.3, 0.4) is 0 Å². The van der Waals surface area contributed by atoms with E-state index in [-0.39, 0.29) is 0 Å². The number of aliphatic imine (C=N–C) groups is 1. The number of hydrogen-bond acceptors (Lipinski definition) is 3. The number of rotatable bonds is 2. The number of hydrogen-bond donors (Lipinski definition) is 0. The summed E-state index contributed by atoms with van der Waals surface area (Å²) in [6.45, 7) is 15.2. The largest absolute Gasteiger partial charge is 0.297 e. The predicted octanol–water partition coefficient (Wildman–Crippen LogP) is 2.42. The Balaban J connectivity index is 1.98. The van der Waals surface area contributed by atoms with Crippen molar-refractivity contribution in [3.05, 3.63) is 0 Å². The van der Waals surface area contributed by atoms with Crippen LogP contribution >= 0.6 is 0 Å². The Morgan fingerprint density at radius 1 is 1.17 bits per heavy atom. The molecule has 2 aliphatic heterocycles. The van der Waals surface area contributed by atoms with Gasteiger partial charge in [0, 0.05) is 56.4 Å². The second-order valence-electron chi connectivity index (χ2n) is 6.77. The van der Waals surface area contributed by atoms with E-state index in [0.717, 1.165) is 13.0 Å². The Morgan fingerprint density at radius 2 is 1.83 bits per heavy atom. The zero-order chi connectivity index (χ0) is 13.2. The Labute approximate surface area is 112 Å². The minimum Gasteiger partial charge on any atom is -0.297 e. The molecule has 0 spiro atoms. The molecule has 0 radical (unpaired) electrons. The van der Waals surface area contributed by atoms with Gasteiger partial charge in [-0.3, -0.25) is 14.8 Å². The van der Waals surface area contributed by atoms with Crippen LogP contribution in [0.2, 0.25) is 0 Å². The third-order valence-corrected chi connectivity index (χ3v) is 4.86. The molecule has 0 saturated carbocycles. The van der Waals surface area contributed by atoms with Crippen LogP contribution in [0.25, 0.3) is 0 Å². The predicted molar refractivity (Wildman–Crippen MR) is 78.5 cm³/mol. The van der Waals surface area contributed by atoms with Gasteiger partial charge in [0.05, 0.1) is 0 Å². The molecule has 3 heteroatoms. The lowest BCUT2D eigenvalue weighted by Crippen LogP contribution is -2.60. The van der Waals surface area contributed by atoms with E-state index in [9.17, 15) is 0 Å². The highest BCUT2D eigenvalue weighted by molar-refractivity contribution is 5.60. The summed E-state index contributed by atoms with van der Waals surface area (Å²) < 4.78 is 0. The van der Waals surface area contributed by atoms with Crippen molar-refractivity contribution in [2.45, 2.75) is 58.0 Å². The molecule has 1 atom stereocenters. The maximum absolute atomic E-state index is 4.41. The highest BCUT2D eigenvalue weighted by Gasteiger charge is 2.38. The second-order valence-corrected chi connectivity index (χ2v) is 6.77. The Morgan fingerprint density at radius 3 is 2.28 bits per heavy atom. The zero-order valence-electron chi connectivity index (χ0n) is 12.6. The summed E-state index contributed by atoms with van der Waals surface area (Å²) in [4.78, 5) is 9.76. The topological polar surface area (TPSA) is 18.8 Å². The van der Waals surface area contributed by atoms with Gasteiger partial charge in [0.1, 0.15) is 0 Å². The highest BCUT2D eigenvalue weighted by atomic mass is 15.3. The molecule has 0 aromatic rings. The smallest absolute Gasteiger partial charge is 0.0403 e. The Kier molecular flexibility index (Phi) is 4.12. The molecule has 0 amide bonds. The van der Waals surface area contributed by atoms with Crippen molar-refractivity contribution >= 4 is 6.21 Å². The lowest BCUT2D eigenvalue weighted by Gasteiger charge is -2.50. The molecule has 2 aliphatic rings. The first-order valence-electron chi connectivity index (χ1n) is 7.46. The minimum absolute atomic E-state index is 0.319. The maximum atomic E-state index is 4.41. The average molecular weight is 251 g/mol. The van der Waals surface area contributed by atoms with Crippen LogP contribution in [0.1, 0.15) is 47.0 Å². The van der Waals surface area contributed by atoms with Crippen molar-refractivity contribution in [1.29, 1.82) is 0 Å². The first-order chi connectivity index (χ1) is 8.48. The van der Waals surface area contributed by atoms with Gasteiger partial charge in [0.15, 0.2) is 0 Å². The third-order valence-electron chi connectivity index (χ3n) is 4.86. The van der Waals surface area contributed by atoms with Gasteiger partial charge in [-0.15, -0.1) is 0 Å². The molecular formula is C15H29N3. The van der Waals surface area contributed by atoms with Crippen LogP contribution < -0.4 is 0 Å². The van der Waals surface area contributed by atoms with Crippen LogP contribution in [0.15, 0.2) is 4.99 Å². The average Bonchev–Trinajstić information content (AvgIpc) is 2.39. The van der Waals surface area contributed by atoms with E-state index in [0.29, 0.717) is 11.1 Å². The van der Waals surface area contributed by atoms with Gasteiger partial charge in [-0.25, -0.2) is 0 Å². The molecule has 2 rings (SSSR count). The van der Waals surface area contributed by atoms with E-state index < -0.39 is 0 Å². The number of nitrogens with zero attached hydrogens (tertiary/aromatic N) is 3. The van der Waals surface area contributed by atoms with Gasteiger partial charge in [-0.2, -0.15) is 0 Å². The van der Waals surface area contributed by atoms with Gasteiger partial charge in [-0.05, 0) is 33.6 Å². The summed E-state index contributed by atoms with van der Waals surface area (Å²) in [5.41, 5.74) is 0.727. The number of piperazine rings is 1. The summed E-state index contributed by atoms with van der Waals surface area (Å²) in [5.74, 6) is 0. The molecule has 3 nitrogen and oxygen atoms in total. The van der Waals surface area contributed by atoms with Gasteiger partial charge in [0.2, 0.25) is 0 Å². The standard InChI is InChI=1S/C15H29N3/c1-5-15(6-8-16-9-7-15)18-12-10-17(11-13-18)14(2,3)4/h8H,5-7,9-13H2,1-4H3. The van der Waals surface area contributed by atoms with Crippen LogP contribution in [-0.2, 0) is 0 Å². The molecule has 104 valence electrons. The fraction of sp³-hybridized carbons (Fsp3) is 0.933. The normalized spacial score (nSPS) is 31.8. The van der Waals surface area contributed by atoms with Crippen molar-refractivity contribution in [3.8, 4) is 0 Å². The van der Waals surface area contributed by atoms with E-state index in [1.54, 1.807) is 0 Å². The van der Waals surface area contributed by atoms with Crippen molar-refractivity contribution < 1.29 is 0 Å². The van der Waals surface area contributed by atoms with Crippen LogP contribution in [0, 0.1) is 0 Å². The molecule has 18 heavy (non-hydrogen) atoms.